The minimum absolute atomic E-state index is 0.180. The Labute approximate surface area is 184 Å². The summed E-state index contributed by atoms with van der Waals surface area (Å²) < 4.78 is 0. The van der Waals surface area contributed by atoms with Gasteiger partial charge in [0, 0.05) is 19.1 Å². The highest BCUT2D eigenvalue weighted by molar-refractivity contribution is 5.12. The summed E-state index contributed by atoms with van der Waals surface area (Å²) in [6, 6.07) is 0.853. The number of piperidine rings is 2. The Kier molecular flexibility index (Phi) is 4.91. The molecule has 6 rings (SSSR count). The maximum Gasteiger partial charge on any atom is 0.0577 e. The molecular formula is C27H45NO2. The summed E-state index contributed by atoms with van der Waals surface area (Å²) in [5.74, 6) is 7.22. The van der Waals surface area contributed by atoms with E-state index in [0.717, 1.165) is 79.1 Å². The van der Waals surface area contributed by atoms with Crippen LogP contribution in [0.1, 0.15) is 78.6 Å². The molecule has 3 nitrogen and oxygen atoms in total. The summed E-state index contributed by atoms with van der Waals surface area (Å²) in [5.41, 5.74) is 0.261. The van der Waals surface area contributed by atoms with E-state index in [9.17, 15) is 10.2 Å². The van der Waals surface area contributed by atoms with Crippen LogP contribution in [0.5, 0.6) is 0 Å². The molecule has 170 valence electrons. The molecule has 0 spiro atoms. The van der Waals surface area contributed by atoms with Crippen LogP contribution >= 0.6 is 0 Å². The van der Waals surface area contributed by atoms with Crippen LogP contribution in [0.2, 0.25) is 0 Å². The van der Waals surface area contributed by atoms with Crippen LogP contribution in [0.25, 0.3) is 0 Å². The zero-order valence-corrected chi connectivity index (χ0v) is 19.5. The smallest absolute Gasteiger partial charge is 0.0577 e. The average molecular weight is 416 g/mol. The number of rotatable bonds is 0. The van der Waals surface area contributed by atoms with E-state index in [4.69, 9.17) is 0 Å². The highest BCUT2D eigenvalue weighted by Gasteiger charge is 2.62. The monoisotopic (exact) mass is 415 g/mol. The average Bonchev–Trinajstić information content (AvgIpc) is 3.09. The van der Waals surface area contributed by atoms with Gasteiger partial charge < -0.3 is 10.2 Å². The van der Waals surface area contributed by atoms with Crippen LogP contribution in [0.15, 0.2) is 0 Å². The van der Waals surface area contributed by atoms with Gasteiger partial charge in [-0.05, 0) is 116 Å². The van der Waals surface area contributed by atoms with Gasteiger partial charge in [-0.2, -0.15) is 0 Å². The normalized spacial score (nSPS) is 60.7. The van der Waals surface area contributed by atoms with Crippen molar-refractivity contribution >= 4 is 0 Å². The first-order valence-electron chi connectivity index (χ1n) is 13.5. The van der Waals surface area contributed by atoms with E-state index in [0.29, 0.717) is 5.92 Å². The fourth-order valence-electron chi connectivity index (χ4n) is 10.6. The molecule has 0 aromatic rings. The lowest BCUT2D eigenvalue weighted by atomic mass is 9.51. The van der Waals surface area contributed by atoms with Crippen molar-refractivity contribution in [3.63, 3.8) is 0 Å². The second-order valence-corrected chi connectivity index (χ2v) is 13.1. The topological polar surface area (TPSA) is 43.7 Å². The number of nitrogens with zero attached hydrogens (tertiary/aromatic N) is 1. The minimum atomic E-state index is -0.181. The molecule has 4 saturated carbocycles. The molecule has 6 aliphatic rings. The Bertz CT molecular complexity index is 665. The van der Waals surface area contributed by atoms with Crippen molar-refractivity contribution < 1.29 is 10.2 Å². The Morgan fingerprint density at radius 2 is 1.53 bits per heavy atom. The zero-order valence-electron chi connectivity index (χ0n) is 19.5. The first-order valence-corrected chi connectivity index (χ1v) is 13.5. The van der Waals surface area contributed by atoms with E-state index >= 15 is 0 Å². The van der Waals surface area contributed by atoms with Crippen LogP contribution in [-0.2, 0) is 0 Å². The van der Waals surface area contributed by atoms with E-state index in [1.807, 2.05) is 0 Å². The standard InChI is InChI=1S/C27H45NO2/c1-15-4-7-25-16(2)18-5-6-19-20(22(18)14-28(25)13-15)11-23-21(19)12-26(30)24-10-17(29)8-9-27(23,24)3/h15-26,29-30H,4-14H2,1-3H3/t15-,16+,17-,18+,19+,20+,21-,22+,23-,24-,25-,26-,27+/m0/s1. The molecule has 0 bridgehead atoms. The van der Waals surface area contributed by atoms with Crippen LogP contribution in [-0.4, -0.2) is 46.5 Å². The van der Waals surface area contributed by atoms with Crippen molar-refractivity contribution in [2.24, 2.45) is 58.7 Å². The van der Waals surface area contributed by atoms with E-state index in [-0.39, 0.29) is 17.6 Å². The van der Waals surface area contributed by atoms with Crippen LogP contribution in [0.4, 0.5) is 0 Å². The molecule has 2 N–H and O–H groups in total. The molecule has 2 heterocycles. The Morgan fingerprint density at radius 1 is 0.733 bits per heavy atom. The molecule has 0 aromatic carbocycles. The zero-order chi connectivity index (χ0) is 20.8. The van der Waals surface area contributed by atoms with Crippen molar-refractivity contribution in [3.8, 4) is 0 Å². The highest BCUT2D eigenvalue weighted by atomic mass is 16.3. The number of hydrogen-bond acceptors (Lipinski definition) is 3. The van der Waals surface area contributed by atoms with Gasteiger partial charge in [-0.3, -0.25) is 4.90 Å². The van der Waals surface area contributed by atoms with Gasteiger partial charge in [-0.1, -0.05) is 20.8 Å². The third kappa shape index (κ3) is 2.86. The molecule has 6 fully saturated rings. The number of hydrogen-bond donors (Lipinski definition) is 2. The maximum absolute atomic E-state index is 11.2. The lowest BCUT2D eigenvalue weighted by Crippen LogP contribution is -2.58. The van der Waals surface area contributed by atoms with Gasteiger partial charge in [-0.15, -0.1) is 0 Å². The SMILES string of the molecule is C[C@H]1CC[C@H]2[C@H](C)[C@H]3CC[C@@H]4[C@@H](C[C@H]5[C@H]4C[C@H](O)[C@@H]4C[C@@H](O)CC[C@]54C)[C@@H]3CN2C1. The van der Waals surface area contributed by atoms with Crippen molar-refractivity contribution in [3.05, 3.63) is 0 Å². The van der Waals surface area contributed by atoms with Crippen LogP contribution in [0.3, 0.4) is 0 Å². The summed E-state index contributed by atoms with van der Waals surface area (Å²) in [5, 5.41) is 21.5. The molecule has 2 aliphatic heterocycles. The molecule has 30 heavy (non-hydrogen) atoms. The second-order valence-electron chi connectivity index (χ2n) is 13.1. The highest BCUT2D eigenvalue weighted by Crippen LogP contribution is 2.67. The molecule has 0 unspecified atom stereocenters. The van der Waals surface area contributed by atoms with Gasteiger partial charge in [-0.25, -0.2) is 0 Å². The predicted octanol–water partition coefficient (Wildman–Crippen LogP) is 4.56. The lowest BCUT2D eigenvalue weighted by Gasteiger charge is -2.56. The van der Waals surface area contributed by atoms with Gasteiger partial charge in [0.25, 0.3) is 0 Å². The largest absolute Gasteiger partial charge is 0.393 e. The summed E-state index contributed by atoms with van der Waals surface area (Å²) in [4.78, 5) is 2.92. The third-order valence-corrected chi connectivity index (χ3v) is 12.0. The van der Waals surface area contributed by atoms with Gasteiger partial charge >= 0.3 is 0 Å². The summed E-state index contributed by atoms with van der Waals surface area (Å²) in [6.45, 7) is 10.3. The molecular weight excluding hydrogens is 370 g/mol. The van der Waals surface area contributed by atoms with Gasteiger partial charge in [0.2, 0.25) is 0 Å². The van der Waals surface area contributed by atoms with E-state index < -0.39 is 0 Å². The van der Waals surface area contributed by atoms with Gasteiger partial charge in [0.1, 0.15) is 0 Å². The second kappa shape index (κ2) is 7.19. The summed E-state index contributed by atoms with van der Waals surface area (Å²) in [7, 11) is 0. The Balaban J connectivity index is 1.28. The molecule has 13 atom stereocenters. The quantitative estimate of drug-likeness (QED) is 0.609. The van der Waals surface area contributed by atoms with Crippen LogP contribution < -0.4 is 0 Å². The van der Waals surface area contributed by atoms with E-state index in [2.05, 4.69) is 25.7 Å². The van der Waals surface area contributed by atoms with Gasteiger partial charge in [0.05, 0.1) is 12.2 Å². The first kappa shape index (κ1) is 20.5. The number of aliphatic hydroxyl groups excluding tert-OH is 2. The Morgan fingerprint density at radius 3 is 2.37 bits per heavy atom. The van der Waals surface area contributed by atoms with E-state index in [1.54, 1.807) is 0 Å². The lowest BCUT2D eigenvalue weighted by molar-refractivity contribution is -0.130. The molecule has 3 heteroatoms. The first-order chi connectivity index (χ1) is 14.4. The van der Waals surface area contributed by atoms with Crippen molar-refractivity contribution in [1.82, 2.24) is 4.90 Å². The molecule has 0 radical (unpaired) electrons. The number of aliphatic hydroxyl groups is 2. The van der Waals surface area contributed by atoms with Crippen molar-refractivity contribution in [2.45, 2.75) is 96.8 Å². The summed E-state index contributed by atoms with van der Waals surface area (Å²) in [6.07, 6.45) is 10.7. The fourth-order valence-corrected chi connectivity index (χ4v) is 10.6. The van der Waals surface area contributed by atoms with E-state index in [1.165, 1.54) is 45.2 Å². The van der Waals surface area contributed by atoms with Crippen LogP contribution in [0, 0.1) is 58.7 Å². The minimum Gasteiger partial charge on any atom is -0.393 e. The van der Waals surface area contributed by atoms with Crippen molar-refractivity contribution in [2.75, 3.05) is 13.1 Å². The maximum atomic E-state index is 11.2. The van der Waals surface area contributed by atoms with Gasteiger partial charge in [0.15, 0.2) is 0 Å². The third-order valence-electron chi connectivity index (χ3n) is 12.0. The Hall–Kier alpha value is -0.120. The number of fused-ring (bicyclic) bond motifs is 8. The molecule has 2 saturated heterocycles. The molecule has 0 aromatic heterocycles. The van der Waals surface area contributed by atoms with Crippen molar-refractivity contribution in [1.29, 1.82) is 0 Å². The summed E-state index contributed by atoms with van der Waals surface area (Å²) >= 11 is 0. The fraction of sp³-hybridized carbons (Fsp3) is 1.00. The molecule has 4 aliphatic carbocycles. The predicted molar refractivity (Wildman–Crippen MR) is 120 cm³/mol. The molecule has 0 amide bonds.